The van der Waals surface area contributed by atoms with Crippen molar-refractivity contribution in [1.29, 1.82) is 0 Å². The number of hydrogen-bond donors (Lipinski definition) is 3. The standard InChI is InChI=1S/C24H27FN6O.C4H8.2H2/c1-6-20(24(4,5)21-10-11-27-23(30-21)31-22(32)7-2)29-18-9-8-16(12-17(18)25)19-14-26-13-15(3)28-19;1-3-4-2;;/h8-14,22,29,32H,1,7H2,2-5H3,(H,27,30,31);3H,1,4H2,2H3;2*1H. The lowest BCUT2D eigenvalue weighted by Crippen LogP contribution is -2.27. The summed E-state index contributed by atoms with van der Waals surface area (Å²) in [6, 6.07) is 6.60. The van der Waals surface area contributed by atoms with Crippen molar-refractivity contribution >= 4 is 11.6 Å². The first kappa shape index (κ1) is 28.4. The van der Waals surface area contributed by atoms with Crippen LogP contribution in [0.15, 0.2) is 73.5 Å². The summed E-state index contributed by atoms with van der Waals surface area (Å²) in [5.41, 5.74) is 5.66. The maximum Gasteiger partial charge on any atom is 0.224 e. The molecule has 0 aliphatic carbocycles. The van der Waals surface area contributed by atoms with Gasteiger partial charge in [-0.3, -0.25) is 4.98 Å². The molecule has 0 saturated heterocycles. The van der Waals surface area contributed by atoms with Gasteiger partial charge in [-0.2, -0.15) is 0 Å². The Balaban J connectivity index is 0.00000213. The van der Waals surface area contributed by atoms with Crippen LogP contribution in [-0.2, 0) is 5.41 Å². The third-order valence-corrected chi connectivity index (χ3v) is 5.35. The summed E-state index contributed by atoms with van der Waals surface area (Å²) in [5, 5.41) is 15.8. The van der Waals surface area contributed by atoms with Gasteiger partial charge in [-0.1, -0.05) is 32.6 Å². The van der Waals surface area contributed by atoms with Gasteiger partial charge in [0.1, 0.15) is 12.0 Å². The van der Waals surface area contributed by atoms with Crippen LogP contribution in [0.5, 0.6) is 0 Å². The Hall–Kier alpha value is -3.87. The molecule has 1 aromatic carbocycles. The number of anilines is 2. The molecule has 1 atom stereocenters. The number of aromatic nitrogens is 4. The zero-order valence-electron chi connectivity index (χ0n) is 21.6. The second-order valence-electron chi connectivity index (χ2n) is 8.57. The molecule has 0 radical (unpaired) electrons. The van der Waals surface area contributed by atoms with Crippen molar-refractivity contribution < 1.29 is 12.4 Å². The minimum Gasteiger partial charge on any atom is -0.374 e. The first-order valence-electron chi connectivity index (χ1n) is 11.8. The number of rotatable bonds is 9. The predicted molar refractivity (Wildman–Crippen MR) is 148 cm³/mol. The van der Waals surface area contributed by atoms with Crippen LogP contribution in [0.4, 0.5) is 16.0 Å². The second kappa shape index (κ2) is 13.3. The Labute approximate surface area is 215 Å². The van der Waals surface area contributed by atoms with Crippen molar-refractivity contribution in [2.75, 3.05) is 10.6 Å². The minimum atomic E-state index is -0.744. The van der Waals surface area contributed by atoms with Gasteiger partial charge >= 0.3 is 0 Å². The van der Waals surface area contributed by atoms with Gasteiger partial charge in [-0.05, 0) is 51.8 Å². The fourth-order valence-corrected chi connectivity index (χ4v) is 3.09. The molecule has 0 aliphatic rings. The minimum absolute atomic E-state index is 0. The van der Waals surface area contributed by atoms with E-state index in [1.807, 2.05) is 33.8 Å². The van der Waals surface area contributed by atoms with E-state index in [1.165, 1.54) is 6.07 Å². The summed E-state index contributed by atoms with van der Waals surface area (Å²) in [6.07, 6.45) is 7.58. The van der Waals surface area contributed by atoms with Gasteiger partial charge in [0.15, 0.2) is 0 Å². The molecule has 7 nitrogen and oxygen atoms in total. The third kappa shape index (κ3) is 7.57. The molecule has 0 fully saturated rings. The molecule has 0 amide bonds. The molecule has 2 heterocycles. The maximum absolute atomic E-state index is 14.9. The van der Waals surface area contributed by atoms with E-state index in [4.69, 9.17) is 0 Å². The highest BCUT2D eigenvalue weighted by Gasteiger charge is 2.29. The highest BCUT2D eigenvalue weighted by atomic mass is 19.1. The van der Waals surface area contributed by atoms with E-state index in [0.717, 1.165) is 12.1 Å². The summed E-state index contributed by atoms with van der Waals surface area (Å²) < 4.78 is 14.9. The van der Waals surface area contributed by atoms with E-state index in [0.29, 0.717) is 35.0 Å². The Morgan fingerprint density at radius 1 is 1.25 bits per heavy atom. The molecule has 194 valence electrons. The van der Waals surface area contributed by atoms with Crippen LogP contribution < -0.4 is 10.6 Å². The highest BCUT2D eigenvalue weighted by molar-refractivity contribution is 5.64. The number of nitrogens with zero attached hydrogens (tertiary/aromatic N) is 4. The molecule has 3 rings (SSSR count). The normalized spacial score (nSPS) is 11.4. The number of allylic oxidation sites excluding steroid dienone is 2. The quantitative estimate of drug-likeness (QED) is 0.174. The Kier molecular flexibility index (Phi) is 10.5. The van der Waals surface area contributed by atoms with Crippen molar-refractivity contribution in [2.45, 2.75) is 59.1 Å². The van der Waals surface area contributed by atoms with E-state index in [-0.39, 0.29) is 8.54 Å². The molecule has 0 aliphatic heterocycles. The molecule has 8 heteroatoms. The molecular weight excluding hydrogens is 455 g/mol. The van der Waals surface area contributed by atoms with Gasteiger partial charge in [0.05, 0.1) is 40.1 Å². The first-order chi connectivity index (χ1) is 17.2. The van der Waals surface area contributed by atoms with E-state index < -0.39 is 17.5 Å². The molecule has 36 heavy (non-hydrogen) atoms. The lowest BCUT2D eigenvalue weighted by atomic mass is 9.85. The van der Waals surface area contributed by atoms with Crippen LogP contribution in [0.2, 0.25) is 0 Å². The van der Waals surface area contributed by atoms with Crippen molar-refractivity contribution in [3.05, 3.63) is 90.7 Å². The van der Waals surface area contributed by atoms with Gasteiger partial charge < -0.3 is 15.7 Å². The summed E-state index contributed by atoms with van der Waals surface area (Å²) in [4.78, 5) is 17.2. The van der Waals surface area contributed by atoms with Crippen LogP contribution in [-0.4, -0.2) is 31.3 Å². The van der Waals surface area contributed by atoms with E-state index >= 15 is 0 Å². The monoisotopic (exact) mass is 494 g/mol. The number of benzene rings is 1. The molecule has 3 N–H and O–H groups in total. The van der Waals surface area contributed by atoms with Crippen molar-refractivity contribution in [3.63, 3.8) is 0 Å². The van der Waals surface area contributed by atoms with Crippen molar-refractivity contribution in [1.82, 2.24) is 19.9 Å². The lowest BCUT2D eigenvalue weighted by Gasteiger charge is -2.27. The zero-order valence-corrected chi connectivity index (χ0v) is 21.6. The summed E-state index contributed by atoms with van der Waals surface area (Å²) in [5.74, 6) is -0.131. The topological polar surface area (TPSA) is 95.9 Å². The number of halogens is 1. The molecule has 3 aromatic rings. The third-order valence-electron chi connectivity index (χ3n) is 5.35. The molecular formula is C28H39FN6O. The Morgan fingerprint density at radius 2 is 1.97 bits per heavy atom. The smallest absolute Gasteiger partial charge is 0.224 e. The average molecular weight is 495 g/mol. The molecule has 0 spiro atoms. The molecule has 0 saturated carbocycles. The van der Waals surface area contributed by atoms with Crippen LogP contribution in [0, 0.1) is 12.7 Å². The van der Waals surface area contributed by atoms with Crippen LogP contribution in [0.25, 0.3) is 11.3 Å². The average Bonchev–Trinajstić information content (AvgIpc) is 2.88. The van der Waals surface area contributed by atoms with Crippen LogP contribution in [0.1, 0.15) is 54.8 Å². The highest BCUT2D eigenvalue weighted by Crippen LogP contribution is 2.32. The van der Waals surface area contributed by atoms with Crippen LogP contribution in [0.3, 0.4) is 0 Å². The number of aliphatic hydroxyl groups is 1. The Morgan fingerprint density at radius 3 is 2.56 bits per heavy atom. The number of hydrogen-bond acceptors (Lipinski definition) is 7. The summed E-state index contributed by atoms with van der Waals surface area (Å²) >= 11 is 0. The van der Waals surface area contributed by atoms with E-state index in [1.54, 1.807) is 36.8 Å². The second-order valence-corrected chi connectivity index (χ2v) is 8.57. The summed E-state index contributed by atoms with van der Waals surface area (Å²) in [6.45, 7) is 16.8. The van der Waals surface area contributed by atoms with Crippen LogP contribution >= 0.6 is 0 Å². The molecule has 2 aromatic heterocycles. The van der Waals surface area contributed by atoms with Gasteiger partial charge in [-0.15, -0.1) is 12.3 Å². The van der Waals surface area contributed by atoms with Gasteiger partial charge in [0, 0.05) is 20.8 Å². The number of aryl methyl sites for hydroxylation is 1. The molecule has 1 unspecified atom stereocenters. The zero-order chi connectivity index (χ0) is 26.7. The van der Waals surface area contributed by atoms with Gasteiger partial charge in [0.25, 0.3) is 0 Å². The maximum atomic E-state index is 14.9. The fourth-order valence-electron chi connectivity index (χ4n) is 3.09. The van der Waals surface area contributed by atoms with Crippen molar-refractivity contribution in [2.24, 2.45) is 0 Å². The SMILES string of the molecule is C=C=C(Nc1ccc(-c2cncc(C)n2)cc1F)C(C)(C)c1ccnc(NC(O)CC)n1.C=CCC.[HH].[HH]. The lowest BCUT2D eigenvalue weighted by molar-refractivity contribution is 0.198. The number of aliphatic hydroxyl groups excluding tert-OH is 1. The van der Waals surface area contributed by atoms with Gasteiger partial charge in [0.2, 0.25) is 5.95 Å². The van der Waals surface area contributed by atoms with E-state index in [2.05, 4.69) is 56.4 Å². The number of nitrogens with one attached hydrogen (secondary N) is 2. The van der Waals surface area contributed by atoms with Gasteiger partial charge in [-0.25, -0.2) is 19.3 Å². The molecule has 0 bridgehead atoms. The van der Waals surface area contributed by atoms with Crippen molar-refractivity contribution in [3.8, 4) is 11.3 Å². The first-order valence-corrected chi connectivity index (χ1v) is 11.8. The fraction of sp³-hybridized carbons (Fsp3) is 0.321. The predicted octanol–water partition coefficient (Wildman–Crippen LogP) is 6.65. The Bertz CT molecular complexity index is 1230. The van der Waals surface area contributed by atoms with E-state index in [9.17, 15) is 9.50 Å². The largest absolute Gasteiger partial charge is 0.374 e. The summed E-state index contributed by atoms with van der Waals surface area (Å²) in [7, 11) is 0.